The van der Waals surface area contributed by atoms with E-state index in [2.05, 4.69) is 24.1 Å². The SMILES string of the molecule is CC1CNCC(C)CN(c2cccc(F)c2)C1. The van der Waals surface area contributed by atoms with Crippen molar-refractivity contribution in [3.63, 3.8) is 0 Å². The Morgan fingerprint density at radius 3 is 2.41 bits per heavy atom. The molecule has 0 radical (unpaired) electrons. The highest BCUT2D eigenvalue weighted by Gasteiger charge is 2.17. The maximum atomic E-state index is 13.3. The molecular weight excluding hydrogens is 215 g/mol. The lowest BCUT2D eigenvalue weighted by molar-refractivity contribution is 0.410. The van der Waals surface area contributed by atoms with E-state index in [1.807, 2.05) is 6.07 Å². The van der Waals surface area contributed by atoms with E-state index < -0.39 is 0 Å². The molecule has 94 valence electrons. The first-order valence-corrected chi connectivity index (χ1v) is 6.36. The molecule has 17 heavy (non-hydrogen) atoms. The van der Waals surface area contributed by atoms with Gasteiger partial charge in [0, 0.05) is 18.8 Å². The van der Waals surface area contributed by atoms with E-state index in [9.17, 15) is 4.39 Å². The van der Waals surface area contributed by atoms with Gasteiger partial charge >= 0.3 is 0 Å². The minimum Gasteiger partial charge on any atom is -0.371 e. The second kappa shape index (κ2) is 5.50. The molecule has 0 amide bonds. The molecule has 2 rings (SSSR count). The average molecular weight is 236 g/mol. The van der Waals surface area contributed by atoms with Crippen LogP contribution in [0.3, 0.4) is 0 Å². The summed E-state index contributed by atoms with van der Waals surface area (Å²) < 4.78 is 13.3. The molecule has 1 aliphatic rings. The molecule has 3 heteroatoms. The second-order valence-electron chi connectivity index (χ2n) is 5.25. The van der Waals surface area contributed by atoms with Crippen LogP contribution in [0.5, 0.6) is 0 Å². The highest BCUT2D eigenvalue weighted by atomic mass is 19.1. The molecule has 0 aliphatic carbocycles. The summed E-state index contributed by atoms with van der Waals surface area (Å²) in [5.74, 6) is 1.03. The number of anilines is 1. The van der Waals surface area contributed by atoms with Crippen molar-refractivity contribution in [3.05, 3.63) is 30.1 Å². The summed E-state index contributed by atoms with van der Waals surface area (Å²) in [5.41, 5.74) is 1.01. The van der Waals surface area contributed by atoms with Crippen LogP contribution < -0.4 is 10.2 Å². The Morgan fingerprint density at radius 1 is 1.18 bits per heavy atom. The van der Waals surface area contributed by atoms with Gasteiger partial charge in [0.1, 0.15) is 5.82 Å². The molecule has 0 saturated carbocycles. The normalized spacial score (nSPS) is 26.4. The van der Waals surface area contributed by atoms with E-state index in [-0.39, 0.29) is 5.82 Å². The molecular formula is C14H21FN2. The first-order valence-electron chi connectivity index (χ1n) is 6.36. The topological polar surface area (TPSA) is 15.3 Å². The molecule has 2 unspecified atom stereocenters. The number of nitrogens with one attached hydrogen (secondary N) is 1. The lowest BCUT2D eigenvalue weighted by atomic mass is 10.0. The van der Waals surface area contributed by atoms with Crippen molar-refractivity contribution in [2.24, 2.45) is 11.8 Å². The molecule has 0 spiro atoms. The molecule has 1 aromatic rings. The van der Waals surface area contributed by atoms with Crippen molar-refractivity contribution in [2.45, 2.75) is 13.8 Å². The summed E-state index contributed by atoms with van der Waals surface area (Å²) >= 11 is 0. The van der Waals surface area contributed by atoms with Crippen LogP contribution >= 0.6 is 0 Å². The molecule has 1 aliphatic heterocycles. The predicted molar refractivity (Wildman–Crippen MR) is 69.8 cm³/mol. The molecule has 0 bridgehead atoms. The van der Waals surface area contributed by atoms with Crippen LogP contribution in [0.15, 0.2) is 24.3 Å². The first-order chi connectivity index (χ1) is 8.15. The maximum absolute atomic E-state index is 13.3. The number of benzene rings is 1. The average Bonchev–Trinajstić information content (AvgIpc) is 2.26. The van der Waals surface area contributed by atoms with E-state index in [0.29, 0.717) is 11.8 Å². The molecule has 0 aromatic heterocycles. The van der Waals surface area contributed by atoms with Crippen LogP contribution in [-0.2, 0) is 0 Å². The van der Waals surface area contributed by atoms with Crippen molar-refractivity contribution < 1.29 is 4.39 Å². The van der Waals surface area contributed by atoms with Gasteiger partial charge < -0.3 is 10.2 Å². The van der Waals surface area contributed by atoms with E-state index in [0.717, 1.165) is 31.9 Å². The second-order valence-corrected chi connectivity index (χ2v) is 5.25. The number of halogens is 1. The zero-order valence-electron chi connectivity index (χ0n) is 10.6. The smallest absolute Gasteiger partial charge is 0.125 e. The van der Waals surface area contributed by atoms with Crippen LogP contribution in [0, 0.1) is 17.7 Å². The van der Waals surface area contributed by atoms with Crippen molar-refractivity contribution in [1.82, 2.24) is 5.32 Å². The van der Waals surface area contributed by atoms with E-state index >= 15 is 0 Å². The third-order valence-corrected chi connectivity index (χ3v) is 3.22. The molecule has 2 atom stereocenters. The van der Waals surface area contributed by atoms with E-state index in [1.54, 1.807) is 12.1 Å². The molecule has 1 aromatic carbocycles. The van der Waals surface area contributed by atoms with Gasteiger partial charge in [-0.25, -0.2) is 4.39 Å². The monoisotopic (exact) mass is 236 g/mol. The van der Waals surface area contributed by atoms with Crippen LogP contribution in [0.1, 0.15) is 13.8 Å². The Balaban J connectivity index is 2.15. The fourth-order valence-electron chi connectivity index (χ4n) is 2.42. The van der Waals surface area contributed by atoms with Gasteiger partial charge in [-0.1, -0.05) is 19.9 Å². The first kappa shape index (κ1) is 12.4. The van der Waals surface area contributed by atoms with Gasteiger partial charge in [0.15, 0.2) is 0 Å². The zero-order chi connectivity index (χ0) is 12.3. The van der Waals surface area contributed by atoms with Crippen LogP contribution in [0.2, 0.25) is 0 Å². The molecule has 1 fully saturated rings. The van der Waals surface area contributed by atoms with Crippen molar-refractivity contribution in [3.8, 4) is 0 Å². The third-order valence-electron chi connectivity index (χ3n) is 3.22. The molecule has 1 N–H and O–H groups in total. The van der Waals surface area contributed by atoms with Gasteiger partial charge in [0.2, 0.25) is 0 Å². The van der Waals surface area contributed by atoms with Gasteiger partial charge in [0.05, 0.1) is 0 Å². The quantitative estimate of drug-likeness (QED) is 0.806. The minimum absolute atomic E-state index is 0.150. The van der Waals surface area contributed by atoms with E-state index in [4.69, 9.17) is 0 Å². The molecule has 2 nitrogen and oxygen atoms in total. The lowest BCUT2D eigenvalue weighted by Gasteiger charge is -2.33. The minimum atomic E-state index is -0.150. The van der Waals surface area contributed by atoms with Crippen LogP contribution in [-0.4, -0.2) is 26.2 Å². The standard InChI is InChI=1S/C14H21FN2/c1-11-7-16-8-12(2)10-17(9-11)14-5-3-4-13(15)6-14/h3-6,11-12,16H,7-10H2,1-2H3. The van der Waals surface area contributed by atoms with E-state index in [1.165, 1.54) is 6.07 Å². The Morgan fingerprint density at radius 2 is 1.82 bits per heavy atom. The predicted octanol–water partition coefficient (Wildman–Crippen LogP) is 2.51. The number of hydrogen-bond acceptors (Lipinski definition) is 2. The molecule has 1 heterocycles. The fourth-order valence-corrected chi connectivity index (χ4v) is 2.42. The third kappa shape index (κ3) is 3.43. The fraction of sp³-hybridized carbons (Fsp3) is 0.571. The highest BCUT2D eigenvalue weighted by Crippen LogP contribution is 2.19. The summed E-state index contributed by atoms with van der Waals surface area (Å²) in [6.45, 7) is 8.51. The maximum Gasteiger partial charge on any atom is 0.125 e. The van der Waals surface area contributed by atoms with Gasteiger partial charge in [-0.05, 0) is 43.1 Å². The Labute approximate surface area is 103 Å². The largest absolute Gasteiger partial charge is 0.371 e. The lowest BCUT2D eigenvalue weighted by Crippen LogP contribution is -2.42. The summed E-state index contributed by atoms with van der Waals surface area (Å²) in [6.07, 6.45) is 0. The van der Waals surface area contributed by atoms with Crippen molar-refractivity contribution >= 4 is 5.69 Å². The Bertz CT molecular complexity index is 355. The Kier molecular flexibility index (Phi) is 4.00. The van der Waals surface area contributed by atoms with Crippen molar-refractivity contribution in [1.29, 1.82) is 0 Å². The van der Waals surface area contributed by atoms with Gasteiger partial charge in [-0.15, -0.1) is 0 Å². The van der Waals surface area contributed by atoms with Gasteiger partial charge in [0.25, 0.3) is 0 Å². The summed E-state index contributed by atoms with van der Waals surface area (Å²) in [5, 5.41) is 3.47. The number of rotatable bonds is 1. The summed E-state index contributed by atoms with van der Waals surface area (Å²) in [7, 11) is 0. The highest BCUT2D eigenvalue weighted by molar-refractivity contribution is 5.46. The van der Waals surface area contributed by atoms with Crippen molar-refractivity contribution in [2.75, 3.05) is 31.1 Å². The number of nitrogens with zero attached hydrogens (tertiary/aromatic N) is 1. The van der Waals surface area contributed by atoms with Gasteiger partial charge in [-0.2, -0.15) is 0 Å². The zero-order valence-corrected chi connectivity index (χ0v) is 10.6. The van der Waals surface area contributed by atoms with Crippen LogP contribution in [0.4, 0.5) is 10.1 Å². The number of hydrogen-bond donors (Lipinski definition) is 1. The summed E-state index contributed by atoms with van der Waals surface area (Å²) in [6, 6.07) is 6.92. The molecule has 1 saturated heterocycles. The Hall–Kier alpha value is -1.09. The van der Waals surface area contributed by atoms with Gasteiger partial charge in [-0.3, -0.25) is 0 Å². The summed E-state index contributed by atoms with van der Waals surface area (Å²) in [4.78, 5) is 2.30. The van der Waals surface area contributed by atoms with Crippen LogP contribution in [0.25, 0.3) is 0 Å².